The Morgan fingerprint density at radius 2 is 2.08 bits per heavy atom. The van der Waals surface area contributed by atoms with E-state index in [2.05, 4.69) is 15.5 Å². The first-order valence-corrected chi connectivity index (χ1v) is 8.08. The molecule has 1 saturated heterocycles. The number of nitrogens with one attached hydrogen (secondary N) is 1. The Kier molecular flexibility index (Phi) is 4.69. The summed E-state index contributed by atoms with van der Waals surface area (Å²) >= 11 is 0. The number of aryl methyl sites for hydroxylation is 1. The minimum absolute atomic E-state index is 0.0447. The fraction of sp³-hybridized carbons (Fsp3) is 0.412. The molecule has 0 saturated carbocycles. The first-order chi connectivity index (χ1) is 11.9. The summed E-state index contributed by atoms with van der Waals surface area (Å²) in [6.07, 6.45) is 0.201. The average Bonchev–Trinajstić information content (AvgIpc) is 3.20. The van der Waals surface area contributed by atoms with Crippen LogP contribution in [0.3, 0.4) is 0 Å². The first-order valence-electron chi connectivity index (χ1n) is 8.08. The van der Waals surface area contributed by atoms with Gasteiger partial charge in [-0.05, 0) is 24.2 Å². The Morgan fingerprint density at radius 3 is 2.72 bits per heavy atom. The van der Waals surface area contributed by atoms with Crippen molar-refractivity contribution in [2.45, 2.75) is 19.9 Å². The summed E-state index contributed by atoms with van der Waals surface area (Å²) in [5.41, 5.74) is 1.94. The van der Waals surface area contributed by atoms with Gasteiger partial charge >= 0.3 is 0 Å². The molecule has 0 bridgehead atoms. The van der Waals surface area contributed by atoms with Gasteiger partial charge in [0, 0.05) is 32.7 Å². The molecule has 2 heterocycles. The van der Waals surface area contributed by atoms with Crippen LogP contribution in [0.25, 0.3) is 0 Å². The average molecular weight is 343 g/mol. The van der Waals surface area contributed by atoms with Crippen molar-refractivity contribution in [2.75, 3.05) is 30.4 Å². The lowest BCUT2D eigenvalue weighted by atomic mass is 10.1. The van der Waals surface area contributed by atoms with E-state index in [-0.39, 0.29) is 30.7 Å². The smallest absolute Gasteiger partial charge is 0.265 e. The van der Waals surface area contributed by atoms with Gasteiger partial charge in [-0.25, -0.2) is 0 Å². The van der Waals surface area contributed by atoms with Crippen molar-refractivity contribution in [3.05, 3.63) is 35.7 Å². The molecule has 2 amide bonds. The van der Waals surface area contributed by atoms with Gasteiger partial charge in [0.1, 0.15) is 0 Å². The largest absolute Gasteiger partial charge is 0.347 e. The summed E-state index contributed by atoms with van der Waals surface area (Å²) in [6.45, 7) is 2.51. The topological polar surface area (TPSA) is 91.6 Å². The SMILES string of the molecule is Cc1ccc(N2CC(C(=O)NCc3nc(N(C)C)no3)CC2=O)cc1. The molecule has 8 heteroatoms. The molecule has 0 aliphatic carbocycles. The molecular formula is C17H21N5O3. The van der Waals surface area contributed by atoms with Crippen LogP contribution in [0.2, 0.25) is 0 Å². The highest BCUT2D eigenvalue weighted by molar-refractivity contribution is 6.00. The molecule has 1 atom stereocenters. The Bertz CT molecular complexity index is 769. The van der Waals surface area contributed by atoms with E-state index in [1.165, 1.54) is 0 Å². The van der Waals surface area contributed by atoms with E-state index in [0.29, 0.717) is 18.4 Å². The van der Waals surface area contributed by atoms with Gasteiger partial charge in [-0.2, -0.15) is 4.98 Å². The van der Waals surface area contributed by atoms with Crippen LogP contribution >= 0.6 is 0 Å². The van der Waals surface area contributed by atoms with Crippen LogP contribution in [-0.4, -0.2) is 42.6 Å². The molecule has 1 fully saturated rings. The van der Waals surface area contributed by atoms with Gasteiger partial charge in [0.25, 0.3) is 5.95 Å². The second-order valence-electron chi connectivity index (χ2n) is 6.34. The van der Waals surface area contributed by atoms with Gasteiger partial charge in [0.15, 0.2) is 0 Å². The number of rotatable bonds is 5. The quantitative estimate of drug-likeness (QED) is 0.874. The molecule has 132 valence electrons. The van der Waals surface area contributed by atoms with Crippen LogP contribution in [0.5, 0.6) is 0 Å². The first kappa shape index (κ1) is 16.9. The number of carbonyl (C=O) groups excluding carboxylic acids is 2. The van der Waals surface area contributed by atoms with E-state index in [0.717, 1.165) is 11.3 Å². The van der Waals surface area contributed by atoms with Crippen molar-refractivity contribution in [1.82, 2.24) is 15.5 Å². The lowest BCUT2D eigenvalue weighted by molar-refractivity contribution is -0.126. The van der Waals surface area contributed by atoms with Gasteiger partial charge in [0.05, 0.1) is 12.5 Å². The van der Waals surface area contributed by atoms with Gasteiger partial charge in [-0.1, -0.05) is 17.7 Å². The maximum absolute atomic E-state index is 12.3. The number of anilines is 2. The Morgan fingerprint density at radius 1 is 1.36 bits per heavy atom. The summed E-state index contributed by atoms with van der Waals surface area (Å²) in [6, 6.07) is 7.70. The van der Waals surface area contributed by atoms with Gasteiger partial charge < -0.3 is 19.6 Å². The van der Waals surface area contributed by atoms with E-state index >= 15 is 0 Å². The molecule has 3 rings (SSSR count). The summed E-state index contributed by atoms with van der Waals surface area (Å²) < 4.78 is 5.07. The molecule has 1 N–H and O–H groups in total. The number of benzene rings is 1. The predicted octanol–water partition coefficient (Wildman–Crippen LogP) is 1.11. The second kappa shape index (κ2) is 6.92. The van der Waals surface area contributed by atoms with Crippen molar-refractivity contribution in [2.24, 2.45) is 5.92 Å². The molecule has 1 unspecified atom stereocenters. The van der Waals surface area contributed by atoms with Crippen molar-refractivity contribution in [3.63, 3.8) is 0 Å². The number of amides is 2. The number of aromatic nitrogens is 2. The lowest BCUT2D eigenvalue weighted by Crippen LogP contribution is -2.32. The molecule has 1 aromatic heterocycles. The number of hydrogen-bond acceptors (Lipinski definition) is 6. The molecule has 0 radical (unpaired) electrons. The highest BCUT2D eigenvalue weighted by Crippen LogP contribution is 2.25. The molecule has 1 aliphatic heterocycles. The lowest BCUT2D eigenvalue weighted by Gasteiger charge is -2.16. The highest BCUT2D eigenvalue weighted by Gasteiger charge is 2.35. The Hall–Kier alpha value is -2.90. The van der Waals surface area contributed by atoms with E-state index in [1.54, 1.807) is 23.9 Å². The number of carbonyl (C=O) groups is 2. The summed E-state index contributed by atoms with van der Waals surface area (Å²) in [4.78, 5) is 32.1. The van der Waals surface area contributed by atoms with Crippen LogP contribution in [0, 0.1) is 12.8 Å². The molecule has 2 aromatic rings. The van der Waals surface area contributed by atoms with Crippen LogP contribution in [0.1, 0.15) is 17.9 Å². The van der Waals surface area contributed by atoms with Crippen LogP contribution in [0.4, 0.5) is 11.6 Å². The molecule has 25 heavy (non-hydrogen) atoms. The van der Waals surface area contributed by atoms with E-state index in [9.17, 15) is 9.59 Å². The minimum atomic E-state index is -0.384. The van der Waals surface area contributed by atoms with Crippen LogP contribution in [0.15, 0.2) is 28.8 Å². The van der Waals surface area contributed by atoms with Gasteiger partial charge in [0.2, 0.25) is 17.7 Å². The van der Waals surface area contributed by atoms with Gasteiger partial charge in [-0.15, -0.1) is 0 Å². The van der Waals surface area contributed by atoms with Gasteiger partial charge in [-0.3, -0.25) is 9.59 Å². The maximum atomic E-state index is 12.3. The standard InChI is InChI=1S/C17H21N5O3/c1-11-4-6-13(7-5-11)22-10-12(8-15(22)23)16(24)18-9-14-19-17(20-25-14)21(2)3/h4-7,12H,8-10H2,1-3H3,(H,18,24). The molecule has 0 spiro atoms. The van der Waals surface area contributed by atoms with E-state index in [4.69, 9.17) is 4.52 Å². The van der Waals surface area contributed by atoms with Crippen LogP contribution < -0.4 is 15.1 Å². The molecule has 8 nitrogen and oxygen atoms in total. The fourth-order valence-electron chi connectivity index (χ4n) is 2.66. The third-order valence-corrected chi connectivity index (χ3v) is 4.11. The normalized spacial score (nSPS) is 17.0. The monoisotopic (exact) mass is 343 g/mol. The third kappa shape index (κ3) is 3.78. The van der Waals surface area contributed by atoms with Crippen molar-refractivity contribution in [3.8, 4) is 0 Å². The zero-order chi connectivity index (χ0) is 18.0. The Labute approximate surface area is 145 Å². The maximum Gasteiger partial charge on any atom is 0.265 e. The Balaban J connectivity index is 1.57. The molecular weight excluding hydrogens is 322 g/mol. The number of nitrogens with zero attached hydrogens (tertiary/aromatic N) is 4. The summed E-state index contributed by atoms with van der Waals surface area (Å²) in [5.74, 6) is 0.164. The van der Waals surface area contributed by atoms with Crippen LogP contribution in [-0.2, 0) is 16.1 Å². The predicted molar refractivity (Wildman–Crippen MR) is 92.1 cm³/mol. The van der Waals surface area contributed by atoms with Crippen molar-refractivity contribution >= 4 is 23.5 Å². The summed E-state index contributed by atoms with van der Waals surface area (Å²) in [5, 5.41) is 6.55. The van der Waals surface area contributed by atoms with Crippen molar-refractivity contribution in [1.29, 1.82) is 0 Å². The zero-order valence-corrected chi connectivity index (χ0v) is 14.5. The molecule has 1 aromatic carbocycles. The third-order valence-electron chi connectivity index (χ3n) is 4.11. The second-order valence-corrected chi connectivity index (χ2v) is 6.34. The van der Waals surface area contributed by atoms with Crippen molar-refractivity contribution < 1.29 is 14.1 Å². The number of hydrogen-bond donors (Lipinski definition) is 1. The highest BCUT2D eigenvalue weighted by atomic mass is 16.5. The van der Waals surface area contributed by atoms with E-state index < -0.39 is 0 Å². The minimum Gasteiger partial charge on any atom is -0.347 e. The summed E-state index contributed by atoms with van der Waals surface area (Å²) in [7, 11) is 3.61. The fourth-order valence-corrected chi connectivity index (χ4v) is 2.66. The zero-order valence-electron chi connectivity index (χ0n) is 14.5. The van der Waals surface area contributed by atoms with E-state index in [1.807, 2.05) is 31.2 Å². The molecule has 1 aliphatic rings.